The molecule has 36 heavy (non-hydrogen) atoms. The zero-order valence-electron chi connectivity index (χ0n) is 19.7. The fraction of sp³-hybridized carbons (Fsp3) is 0.200. The molecule has 0 spiro atoms. The van der Waals surface area contributed by atoms with Crippen LogP contribution in [0, 0.1) is 0 Å². The summed E-state index contributed by atoms with van der Waals surface area (Å²) in [5.74, 6) is 1.22. The van der Waals surface area contributed by atoms with Crippen molar-refractivity contribution < 1.29 is 4.79 Å². The Bertz CT molecular complexity index is 1500. The van der Waals surface area contributed by atoms with Gasteiger partial charge in [0.15, 0.2) is 0 Å². The van der Waals surface area contributed by atoms with Crippen LogP contribution < -0.4 is 10.2 Å². The van der Waals surface area contributed by atoms with Crippen molar-refractivity contribution in [2.24, 2.45) is 0 Å². The van der Waals surface area contributed by atoms with Gasteiger partial charge in [-0.25, -0.2) is 19.9 Å². The predicted molar refractivity (Wildman–Crippen MR) is 136 cm³/mol. The van der Waals surface area contributed by atoms with Crippen LogP contribution in [-0.2, 0) is 4.79 Å². The van der Waals surface area contributed by atoms with Crippen LogP contribution in [0.15, 0.2) is 67.4 Å². The number of amides is 1. The highest BCUT2D eigenvalue weighted by Crippen LogP contribution is 2.24. The molecule has 0 bridgehead atoms. The van der Waals surface area contributed by atoms with Gasteiger partial charge in [0.25, 0.3) is 0 Å². The molecule has 0 unspecified atom stereocenters. The molecule has 180 valence electrons. The van der Waals surface area contributed by atoms with Crippen LogP contribution in [0.3, 0.4) is 0 Å². The zero-order chi connectivity index (χ0) is 24.5. The Morgan fingerprint density at radius 2 is 1.83 bits per heavy atom. The summed E-state index contributed by atoms with van der Waals surface area (Å²) in [4.78, 5) is 33.8. The number of carbonyl (C=O) groups excluding carboxylic acids is 1. The van der Waals surface area contributed by atoms with E-state index in [-0.39, 0.29) is 5.91 Å². The number of aromatic amines is 1. The topological polar surface area (TPSA) is 120 Å². The van der Waals surface area contributed by atoms with E-state index in [9.17, 15) is 4.79 Å². The number of hydrogen-bond acceptors (Lipinski definition) is 8. The molecule has 5 aromatic heterocycles. The minimum absolute atomic E-state index is 0.122. The van der Waals surface area contributed by atoms with Gasteiger partial charge in [-0.3, -0.25) is 14.3 Å². The van der Waals surface area contributed by atoms with Crippen LogP contribution >= 0.6 is 0 Å². The van der Waals surface area contributed by atoms with Crippen molar-refractivity contribution in [1.82, 2.24) is 39.4 Å². The molecule has 1 aliphatic rings. The molecule has 1 amide bonds. The summed E-state index contributed by atoms with van der Waals surface area (Å²) in [5.41, 5.74) is 5.36. The SMILES string of the molecule is CC(=O)N1CCN(c2ccc(Nc3nccc(-c4cnc5ccc(-c6ccn[nH]6)cn45)n3)nc2)CC1. The molecule has 1 fully saturated rings. The Kier molecular flexibility index (Phi) is 5.49. The van der Waals surface area contributed by atoms with E-state index in [2.05, 4.69) is 35.4 Å². The van der Waals surface area contributed by atoms with Crippen LogP contribution in [0.4, 0.5) is 17.5 Å². The molecular formula is C25H24N10O. The molecule has 0 saturated carbocycles. The lowest BCUT2D eigenvalue weighted by molar-refractivity contribution is -0.129. The van der Waals surface area contributed by atoms with Crippen LogP contribution in [0.5, 0.6) is 0 Å². The first-order chi connectivity index (χ1) is 17.6. The van der Waals surface area contributed by atoms with Crippen molar-refractivity contribution in [2.75, 3.05) is 36.4 Å². The smallest absolute Gasteiger partial charge is 0.228 e. The largest absolute Gasteiger partial charge is 0.367 e. The number of imidazole rings is 1. The molecule has 1 aliphatic heterocycles. The minimum atomic E-state index is 0.122. The normalized spacial score (nSPS) is 13.8. The molecule has 0 aromatic carbocycles. The zero-order valence-corrected chi connectivity index (χ0v) is 19.7. The number of pyridine rings is 2. The maximum Gasteiger partial charge on any atom is 0.228 e. The van der Waals surface area contributed by atoms with E-state index in [4.69, 9.17) is 4.98 Å². The molecule has 2 N–H and O–H groups in total. The summed E-state index contributed by atoms with van der Waals surface area (Å²) in [7, 11) is 0. The van der Waals surface area contributed by atoms with Crippen molar-refractivity contribution in [2.45, 2.75) is 6.92 Å². The molecular weight excluding hydrogens is 456 g/mol. The fourth-order valence-electron chi connectivity index (χ4n) is 4.35. The molecule has 0 radical (unpaired) electrons. The van der Waals surface area contributed by atoms with E-state index in [1.807, 2.05) is 58.1 Å². The van der Waals surface area contributed by atoms with Gasteiger partial charge in [-0.15, -0.1) is 0 Å². The van der Waals surface area contributed by atoms with E-state index in [1.54, 1.807) is 25.5 Å². The van der Waals surface area contributed by atoms with Gasteiger partial charge in [0, 0.05) is 57.3 Å². The first kappa shape index (κ1) is 21.7. The Morgan fingerprint density at radius 1 is 0.944 bits per heavy atom. The predicted octanol–water partition coefficient (Wildman–Crippen LogP) is 2.99. The van der Waals surface area contributed by atoms with Gasteiger partial charge in [-0.2, -0.15) is 5.10 Å². The number of H-pyrrole nitrogens is 1. The molecule has 0 atom stereocenters. The summed E-state index contributed by atoms with van der Waals surface area (Å²) < 4.78 is 2.00. The van der Waals surface area contributed by atoms with Crippen LogP contribution in [-0.4, -0.2) is 71.5 Å². The average Bonchev–Trinajstić information content (AvgIpc) is 3.60. The van der Waals surface area contributed by atoms with Crippen molar-refractivity contribution in [1.29, 1.82) is 0 Å². The van der Waals surface area contributed by atoms with Gasteiger partial charge >= 0.3 is 0 Å². The second kappa shape index (κ2) is 9.10. The second-order valence-electron chi connectivity index (χ2n) is 8.54. The van der Waals surface area contributed by atoms with Crippen molar-refractivity contribution in [3.8, 4) is 22.6 Å². The van der Waals surface area contributed by atoms with Crippen LogP contribution in [0.25, 0.3) is 28.3 Å². The van der Waals surface area contributed by atoms with Crippen LogP contribution in [0.1, 0.15) is 6.92 Å². The van der Waals surface area contributed by atoms with E-state index in [0.29, 0.717) is 11.8 Å². The molecule has 6 heterocycles. The highest BCUT2D eigenvalue weighted by Gasteiger charge is 2.19. The molecule has 11 heteroatoms. The van der Waals surface area contributed by atoms with E-state index < -0.39 is 0 Å². The number of fused-ring (bicyclic) bond motifs is 1. The third-order valence-electron chi connectivity index (χ3n) is 6.31. The van der Waals surface area contributed by atoms with Crippen molar-refractivity contribution in [3.05, 3.63) is 67.4 Å². The fourth-order valence-corrected chi connectivity index (χ4v) is 4.35. The van der Waals surface area contributed by atoms with Gasteiger partial charge in [0.2, 0.25) is 11.9 Å². The number of piperazine rings is 1. The molecule has 1 saturated heterocycles. The lowest BCUT2D eigenvalue weighted by atomic mass is 10.2. The van der Waals surface area contributed by atoms with E-state index >= 15 is 0 Å². The number of nitrogens with one attached hydrogen (secondary N) is 2. The third kappa shape index (κ3) is 4.22. The Balaban J connectivity index is 1.20. The van der Waals surface area contributed by atoms with E-state index in [0.717, 1.165) is 60.2 Å². The summed E-state index contributed by atoms with van der Waals surface area (Å²) in [5, 5.41) is 10.2. The molecule has 11 nitrogen and oxygen atoms in total. The summed E-state index contributed by atoms with van der Waals surface area (Å²) in [6.45, 7) is 4.65. The number of hydrogen-bond donors (Lipinski definition) is 2. The summed E-state index contributed by atoms with van der Waals surface area (Å²) >= 11 is 0. The maximum absolute atomic E-state index is 11.6. The van der Waals surface area contributed by atoms with Gasteiger partial charge in [0.05, 0.1) is 35.2 Å². The number of aromatic nitrogens is 7. The number of rotatable bonds is 5. The Morgan fingerprint density at radius 3 is 2.58 bits per heavy atom. The standard InChI is InChI=1S/C25H24N10O/c1-17(36)33-10-12-34(13-11-33)19-3-4-23(27-14-19)31-25-26-8-6-21(30-25)22-15-28-24-5-2-18(16-35(22)24)20-7-9-29-32-20/h2-9,14-16H,10-13H2,1H3,(H,29,32)(H,26,27,30,31). The lowest BCUT2D eigenvalue weighted by Crippen LogP contribution is -2.48. The minimum Gasteiger partial charge on any atom is -0.367 e. The van der Waals surface area contributed by atoms with Gasteiger partial charge in [-0.05, 0) is 36.4 Å². The monoisotopic (exact) mass is 480 g/mol. The van der Waals surface area contributed by atoms with Gasteiger partial charge < -0.3 is 15.1 Å². The van der Waals surface area contributed by atoms with E-state index in [1.165, 1.54) is 0 Å². The second-order valence-corrected chi connectivity index (χ2v) is 8.54. The van der Waals surface area contributed by atoms with Gasteiger partial charge in [-0.1, -0.05) is 0 Å². The number of carbonyl (C=O) groups is 1. The van der Waals surface area contributed by atoms with Gasteiger partial charge in [0.1, 0.15) is 11.5 Å². The van der Waals surface area contributed by atoms with Crippen molar-refractivity contribution >= 4 is 29.0 Å². The Hall–Kier alpha value is -4.80. The Labute approximate surface area is 206 Å². The maximum atomic E-state index is 11.6. The third-order valence-corrected chi connectivity index (χ3v) is 6.31. The number of nitrogens with zero attached hydrogens (tertiary/aromatic N) is 8. The summed E-state index contributed by atoms with van der Waals surface area (Å²) in [6.07, 6.45) is 9.09. The first-order valence-electron chi connectivity index (χ1n) is 11.7. The molecule has 6 rings (SSSR count). The average molecular weight is 481 g/mol. The quantitative estimate of drug-likeness (QED) is 0.394. The van der Waals surface area contributed by atoms with Crippen LogP contribution in [0.2, 0.25) is 0 Å². The highest BCUT2D eigenvalue weighted by molar-refractivity contribution is 5.73. The number of anilines is 3. The molecule has 5 aromatic rings. The van der Waals surface area contributed by atoms with Crippen molar-refractivity contribution in [3.63, 3.8) is 0 Å². The molecule has 0 aliphatic carbocycles. The highest BCUT2D eigenvalue weighted by atomic mass is 16.2. The lowest BCUT2D eigenvalue weighted by Gasteiger charge is -2.35. The first-order valence-corrected chi connectivity index (χ1v) is 11.7. The summed E-state index contributed by atoms with van der Waals surface area (Å²) in [6, 6.07) is 11.7.